The molecule has 0 amide bonds. The van der Waals surface area contributed by atoms with E-state index in [1.54, 1.807) is 0 Å². The van der Waals surface area contributed by atoms with Crippen LogP contribution in [0.15, 0.2) is 28.7 Å². The standard InChI is InChI=1S/C13H18BrNO2/c14-12-1-3-13(4-2-12)17-8-6-15-9-11-5-7-16-10-11/h1-4,11,15H,5-10H2. The maximum atomic E-state index is 5.61. The molecule has 1 unspecified atom stereocenters. The van der Waals surface area contributed by atoms with Crippen molar-refractivity contribution in [1.29, 1.82) is 0 Å². The number of rotatable bonds is 6. The lowest BCUT2D eigenvalue weighted by molar-refractivity contribution is 0.185. The molecule has 0 bridgehead atoms. The van der Waals surface area contributed by atoms with Crippen LogP contribution in [-0.2, 0) is 4.74 Å². The Balaban J connectivity index is 1.55. The summed E-state index contributed by atoms with van der Waals surface area (Å²) in [5, 5.41) is 3.39. The first-order valence-corrected chi connectivity index (χ1v) is 6.81. The molecule has 0 aliphatic carbocycles. The van der Waals surface area contributed by atoms with Crippen LogP contribution in [0.5, 0.6) is 5.75 Å². The van der Waals surface area contributed by atoms with Crippen molar-refractivity contribution in [2.24, 2.45) is 5.92 Å². The fraction of sp³-hybridized carbons (Fsp3) is 0.538. The lowest BCUT2D eigenvalue weighted by Gasteiger charge is -2.10. The Kier molecular flexibility index (Phi) is 5.29. The zero-order valence-corrected chi connectivity index (χ0v) is 11.4. The second kappa shape index (κ2) is 6.99. The lowest BCUT2D eigenvalue weighted by Crippen LogP contribution is -2.27. The van der Waals surface area contributed by atoms with Gasteiger partial charge >= 0.3 is 0 Å². The third-order valence-corrected chi connectivity index (χ3v) is 3.35. The SMILES string of the molecule is Brc1ccc(OCCNCC2CCOC2)cc1. The van der Waals surface area contributed by atoms with Gasteiger partial charge in [0.15, 0.2) is 0 Å². The maximum Gasteiger partial charge on any atom is 0.119 e. The van der Waals surface area contributed by atoms with E-state index in [4.69, 9.17) is 9.47 Å². The van der Waals surface area contributed by atoms with Gasteiger partial charge in [-0.2, -0.15) is 0 Å². The molecule has 1 fully saturated rings. The zero-order valence-electron chi connectivity index (χ0n) is 9.82. The summed E-state index contributed by atoms with van der Waals surface area (Å²) in [7, 11) is 0. The predicted molar refractivity (Wildman–Crippen MR) is 71.4 cm³/mol. The number of hydrogen-bond acceptors (Lipinski definition) is 3. The fourth-order valence-corrected chi connectivity index (χ4v) is 2.09. The molecule has 2 rings (SSSR count). The van der Waals surface area contributed by atoms with Crippen molar-refractivity contribution < 1.29 is 9.47 Å². The summed E-state index contributed by atoms with van der Waals surface area (Å²) in [6.07, 6.45) is 1.18. The van der Waals surface area contributed by atoms with Gasteiger partial charge in [0.1, 0.15) is 12.4 Å². The highest BCUT2D eigenvalue weighted by molar-refractivity contribution is 9.10. The first-order valence-electron chi connectivity index (χ1n) is 6.01. The molecular weight excluding hydrogens is 282 g/mol. The van der Waals surface area contributed by atoms with Gasteiger partial charge in [0, 0.05) is 24.2 Å². The van der Waals surface area contributed by atoms with Gasteiger partial charge in [-0.25, -0.2) is 0 Å². The number of ether oxygens (including phenoxy) is 2. The first-order chi connectivity index (χ1) is 8.34. The normalized spacial score (nSPS) is 19.5. The zero-order chi connectivity index (χ0) is 11.9. The molecule has 1 atom stereocenters. The van der Waals surface area contributed by atoms with Crippen molar-refractivity contribution >= 4 is 15.9 Å². The molecule has 0 spiro atoms. The molecule has 1 aromatic rings. The van der Waals surface area contributed by atoms with E-state index in [-0.39, 0.29) is 0 Å². The van der Waals surface area contributed by atoms with Crippen LogP contribution in [0, 0.1) is 5.92 Å². The van der Waals surface area contributed by atoms with Crippen LogP contribution < -0.4 is 10.1 Å². The van der Waals surface area contributed by atoms with E-state index in [0.29, 0.717) is 12.5 Å². The molecule has 17 heavy (non-hydrogen) atoms. The van der Waals surface area contributed by atoms with Gasteiger partial charge in [-0.3, -0.25) is 0 Å². The topological polar surface area (TPSA) is 30.5 Å². The summed E-state index contributed by atoms with van der Waals surface area (Å²) in [4.78, 5) is 0. The van der Waals surface area contributed by atoms with Crippen molar-refractivity contribution in [2.75, 3.05) is 32.9 Å². The second-order valence-electron chi connectivity index (χ2n) is 4.24. The van der Waals surface area contributed by atoms with Gasteiger partial charge in [0.25, 0.3) is 0 Å². The second-order valence-corrected chi connectivity index (χ2v) is 5.15. The molecule has 1 heterocycles. The minimum absolute atomic E-state index is 0.683. The van der Waals surface area contributed by atoms with Gasteiger partial charge in [-0.1, -0.05) is 15.9 Å². The monoisotopic (exact) mass is 299 g/mol. The molecule has 94 valence electrons. The summed E-state index contributed by atoms with van der Waals surface area (Å²) >= 11 is 3.40. The Morgan fingerprint density at radius 2 is 2.18 bits per heavy atom. The number of nitrogens with one attached hydrogen (secondary N) is 1. The molecule has 0 aromatic heterocycles. The van der Waals surface area contributed by atoms with Crippen LogP contribution in [-0.4, -0.2) is 32.9 Å². The van der Waals surface area contributed by atoms with Gasteiger partial charge in [-0.05, 0) is 36.6 Å². The van der Waals surface area contributed by atoms with Crippen LogP contribution in [0.2, 0.25) is 0 Å². The van der Waals surface area contributed by atoms with Crippen LogP contribution in [0.25, 0.3) is 0 Å². The highest BCUT2D eigenvalue weighted by Crippen LogP contribution is 2.15. The third kappa shape index (κ3) is 4.66. The molecule has 0 radical (unpaired) electrons. The van der Waals surface area contributed by atoms with E-state index >= 15 is 0 Å². The summed E-state index contributed by atoms with van der Waals surface area (Å²) < 4.78 is 12.0. The van der Waals surface area contributed by atoms with Crippen molar-refractivity contribution in [1.82, 2.24) is 5.32 Å². The Morgan fingerprint density at radius 3 is 2.88 bits per heavy atom. The molecule has 1 N–H and O–H groups in total. The average molecular weight is 300 g/mol. The molecule has 0 saturated carbocycles. The van der Waals surface area contributed by atoms with Gasteiger partial charge < -0.3 is 14.8 Å². The predicted octanol–water partition coefficient (Wildman–Crippen LogP) is 2.45. The molecule has 1 aliphatic rings. The van der Waals surface area contributed by atoms with Crippen LogP contribution in [0.1, 0.15) is 6.42 Å². The highest BCUT2D eigenvalue weighted by atomic mass is 79.9. The van der Waals surface area contributed by atoms with Gasteiger partial charge in [0.05, 0.1) is 6.61 Å². The Morgan fingerprint density at radius 1 is 1.35 bits per heavy atom. The number of benzene rings is 1. The quantitative estimate of drug-likeness (QED) is 0.819. The molecule has 1 aliphatic heterocycles. The molecule has 4 heteroatoms. The van der Waals surface area contributed by atoms with Crippen LogP contribution >= 0.6 is 15.9 Å². The van der Waals surface area contributed by atoms with Crippen LogP contribution in [0.4, 0.5) is 0 Å². The highest BCUT2D eigenvalue weighted by Gasteiger charge is 2.14. The van der Waals surface area contributed by atoms with Crippen LogP contribution in [0.3, 0.4) is 0 Å². The van der Waals surface area contributed by atoms with E-state index in [9.17, 15) is 0 Å². The lowest BCUT2D eigenvalue weighted by atomic mass is 10.1. The van der Waals surface area contributed by atoms with Crippen molar-refractivity contribution in [3.63, 3.8) is 0 Å². The Hall–Kier alpha value is -0.580. The number of hydrogen-bond donors (Lipinski definition) is 1. The van der Waals surface area contributed by atoms with Crippen molar-refractivity contribution in [3.8, 4) is 5.75 Å². The molecule has 3 nitrogen and oxygen atoms in total. The average Bonchev–Trinajstić information content (AvgIpc) is 2.84. The number of halogens is 1. The molecule has 1 aromatic carbocycles. The fourth-order valence-electron chi connectivity index (χ4n) is 1.82. The van der Waals surface area contributed by atoms with E-state index < -0.39 is 0 Å². The first kappa shape index (κ1) is 12.9. The third-order valence-electron chi connectivity index (χ3n) is 2.82. The minimum Gasteiger partial charge on any atom is -0.492 e. The molecular formula is C13H18BrNO2. The van der Waals surface area contributed by atoms with E-state index in [2.05, 4.69) is 21.2 Å². The summed E-state index contributed by atoms with van der Waals surface area (Å²) in [6, 6.07) is 7.90. The maximum absolute atomic E-state index is 5.61. The van der Waals surface area contributed by atoms with Crippen molar-refractivity contribution in [3.05, 3.63) is 28.7 Å². The van der Waals surface area contributed by atoms with Gasteiger partial charge in [0.2, 0.25) is 0 Å². The smallest absolute Gasteiger partial charge is 0.119 e. The summed E-state index contributed by atoms with van der Waals surface area (Å²) in [5.41, 5.74) is 0. The van der Waals surface area contributed by atoms with Gasteiger partial charge in [-0.15, -0.1) is 0 Å². The largest absolute Gasteiger partial charge is 0.492 e. The molecule has 1 saturated heterocycles. The summed E-state index contributed by atoms with van der Waals surface area (Å²) in [6.45, 7) is 4.44. The Labute approximate surface area is 111 Å². The van der Waals surface area contributed by atoms with Crippen molar-refractivity contribution in [2.45, 2.75) is 6.42 Å². The van der Waals surface area contributed by atoms with E-state index in [0.717, 1.165) is 36.5 Å². The summed E-state index contributed by atoms with van der Waals surface area (Å²) in [5.74, 6) is 1.60. The van der Waals surface area contributed by atoms with E-state index in [1.807, 2.05) is 24.3 Å². The minimum atomic E-state index is 0.683. The van der Waals surface area contributed by atoms with E-state index in [1.165, 1.54) is 6.42 Å². The Bertz CT molecular complexity index is 323.